The Morgan fingerprint density at radius 3 is 2.90 bits per heavy atom. The molecular formula is C16H20ClNS2. The maximum absolute atomic E-state index is 6.06. The van der Waals surface area contributed by atoms with E-state index in [2.05, 4.69) is 24.4 Å². The van der Waals surface area contributed by atoms with Crippen molar-refractivity contribution in [2.45, 2.75) is 45.1 Å². The molecule has 1 nitrogen and oxygen atoms in total. The minimum Gasteiger partial charge on any atom is -0.309 e. The van der Waals surface area contributed by atoms with Crippen molar-refractivity contribution >= 4 is 34.3 Å². The van der Waals surface area contributed by atoms with E-state index in [1.165, 1.54) is 35.4 Å². The Bertz CT molecular complexity index is 551. The van der Waals surface area contributed by atoms with Gasteiger partial charge in [0.1, 0.15) is 0 Å². The molecule has 0 amide bonds. The first kappa shape index (κ1) is 14.6. The minimum absolute atomic E-state index is 0.445. The molecular weight excluding hydrogens is 306 g/mol. The number of nitrogens with one attached hydrogen (secondary N) is 1. The molecule has 3 rings (SSSR count). The van der Waals surface area contributed by atoms with Gasteiger partial charge in [-0.1, -0.05) is 18.5 Å². The SMILES string of the molecule is CCCNC(Cc1ccc(Cl)s1)c1cc2c(s1)CCC2. The predicted molar refractivity (Wildman–Crippen MR) is 90.4 cm³/mol. The van der Waals surface area contributed by atoms with E-state index in [1.54, 1.807) is 21.8 Å². The van der Waals surface area contributed by atoms with Gasteiger partial charge >= 0.3 is 0 Å². The summed E-state index contributed by atoms with van der Waals surface area (Å²) in [4.78, 5) is 4.50. The average molecular weight is 326 g/mol. The summed E-state index contributed by atoms with van der Waals surface area (Å²) in [6.07, 6.45) is 6.13. The van der Waals surface area contributed by atoms with Crippen LogP contribution in [-0.4, -0.2) is 6.54 Å². The van der Waals surface area contributed by atoms with E-state index in [-0.39, 0.29) is 0 Å². The highest BCUT2D eigenvalue weighted by Crippen LogP contribution is 2.36. The minimum atomic E-state index is 0.445. The molecule has 1 unspecified atom stereocenters. The quantitative estimate of drug-likeness (QED) is 0.766. The van der Waals surface area contributed by atoms with E-state index in [0.717, 1.165) is 17.3 Å². The molecule has 0 aromatic carbocycles. The molecule has 1 atom stereocenters. The highest BCUT2D eigenvalue weighted by molar-refractivity contribution is 7.16. The summed E-state index contributed by atoms with van der Waals surface area (Å²) in [6.45, 7) is 3.30. The molecule has 2 aromatic rings. The van der Waals surface area contributed by atoms with Gasteiger partial charge in [-0.25, -0.2) is 0 Å². The van der Waals surface area contributed by atoms with Gasteiger partial charge in [-0.3, -0.25) is 0 Å². The van der Waals surface area contributed by atoms with E-state index in [9.17, 15) is 0 Å². The van der Waals surface area contributed by atoms with E-state index >= 15 is 0 Å². The first-order valence-corrected chi connectivity index (χ1v) is 9.36. The van der Waals surface area contributed by atoms with Gasteiger partial charge in [0, 0.05) is 27.1 Å². The summed E-state index contributed by atoms with van der Waals surface area (Å²) in [5.41, 5.74) is 1.59. The Balaban J connectivity index is 1.77. The van der Waals surface area contributed by atoms with Gasteiger partial charge in [-0.05, 0) is 56.0 Å². The molecule has 4 heteroatoms. The van der Waals surface area contributed by atoms with Crippen molar-refractivity contribution in [3.05, 3.63) is 42.7 Å². The van der Waals surface area contributed by atoms with Crippen LogP contribution in [0.1, 0.15) is 46.0 Å². The number of thiophene rings is 2. The third kappa shape index (κ3) is 3.28. The van der Waals surface area contributed by atoms with Crippen molar-refractivity contribution in [1.29, 1.82) is 0 Å². The standard InChI is InChI=1S/C16H20ClNS2/c1-2-8-18-13(10-12-6-7-16(17)19-12)15-9-11-4-3-5-14(11)20-15/h6-7,9,13,18H,2-5,8,10H2,1H3. The number of aryl methyl sites for hydroxylation is 2. The maximum atomic E-state index is 6.06. The van der Waals surface area contributed by atoms with Crippen LogP contribution >= 0.6 is 34.3 Å². The second-order valence-corrected chi connectivity index (χ2v) is 8.34. The van der Waals surface area contributed by atoms with E-state index in [4.69, 9.17) is 11.6 Å². The summed E-state index contributed by atoms with van der Waals surface area (Å²) in [6, 6.07) is 7.05. The highest BCUT2D eigenvalue weighted by atomic mass is 35.5. The van der Waals surface area contributed by atoms with Crippen LogP contribution in [0.25, 0.3) is 0 Å². The van der Waals surface area contributed by atoms with Crippen molar-refractivity contribution in [3.8, 4) is 0 Å². The van der Waals surface area contributed by atoms with Crippen LogP contribution in [0.2, 0.25) is 4.34 Å². The summed E-state index contributed by atoms with van der Waals surface area (Å²) < 4.78 is 0.892. The monoisotopic (exact) mass is 325 g/mol. The van der Waals surface area contributed by atoms with Crippen molar-refractivity contribution in [3.63, 3.8) is 0 Å². The number of halogens is 1. The van der Waals surface area contributed by atoms with Gasteiger partial charge < -0.3 is 5.32 Å². The molecule has 0 bridgehead atoms. The predicted octanol–water partition coefficient (Wildman–Crippen LogP) is 5.24. The number of hydrogen-bond acceptors (Lipinski definition) is 3. The van der Waals surface area contributed by atoms with Crippen molar-refractivity contribution in [2.75, 3.05) is 6.54 Å². The molecule has 2 aromatic heterocycles. The lowest BCUT2D eigenvalue weighted by molar-refractivity contribution is 0.539. The fourth-order valence-corrected chi connectivity index (χ4v) is 5.24. The Morgan fingerprint density at radius 2 is 2.20 bits per heavy atom. The zero-order valence-electron chi connectivity index (χ0n) is 11.7. The molecule has 1 N–H and O–H groups in total. The zero-order chi connectivity index (χ0) is 13.9. The molecule has 20 heavy (non-hydrogen) atoms. The zero-order valence-corrected chi connectivity index (χ0v) is 14.1. The summed E-state index contributed by atoms with van der Waals surface area (Å²) >= 11 is 9.78. The Labute approximate surface area is 134 Å². The van der Waals surface area contributed by atoms with Gasteiger partial charge in [0.25, 0.3) is 0 Å². The molecule has 0 saturated carbocycles. The lowest BCUT2D eigenvalue weighted by Gasteiger charge is -2.16. The average Bonchev–Trinajstić information content (AvgIpc) is 3.09. The van der Waals surface area contributed by atoms with Crippen LogP contribution in [0.5, 0.6) is 0 Å². The fourth-order valence-electron chi connectivity index (χ4n) is 2.78. The molecule has 0 saturated heterocycles. The third-order valence-electron chi connectivity index (χ3n) is 3.78. The lowest BCUT2D eigenvalue weighted by atomic mass is 10.1. The Kier molecular flexibility index (Phi) is 4.82. The van der Waals surface area contributed by atoms with Crippen molar-refractivity contribution in [1.82, 2.24) is 5.32 Å². The topological polar surface area (TPSA) is 12.0 Å². The van der Waals surface area contributed by atoms with E-state index in [0.29, 0.717) is 6.04 Å². The lowest BCUT2D eigenvalue weighted by Crippen LogP contribution is -2.23. The molecule has 0 radical (unpaired) electrons. The summed E-state index contributed by atoms with van der Waals surface area (Å²) in [5, 5.41) is 3.71. The fraction of sp³-hybridized carbons (Fsp3) is 0.500. The molecule has 2 heterocycles. The second kappa shape index (κ2) is 6.61. The maximum Gasteiger partial charge on any atom is 0.0931 e. The van der Waals surface area contributed by atoms with Gasteiger partial charge in [0.2, 0.25) is 0 Å². The highest BCUT2D eigenvalue weighted by Gasteiger charge is 2.20. The Morgan fingerprint density at radius 1 is 1.30 bits per heavy atom. The number of rotatable bonds is 6. The molecule has 1 aliphatic carbocycles. The van der Waals surface area contributed by atoms with Gasteiger partial charge in [-0.15, -0.1) is 22.7 Å². The van der Waals surface area contributed by atoms with Crippen LogP contribution in [-0.2, 0) is 19.3 Å². The Hall–Kier alpha value is -0.350. The smallest absolute Gasteiger partial charge is 0.0931 e. The van der Waals surface area contributed by atoms with E-state index in [1.807, 2.05) is 17.4 Å². The van der Waals surface area contributed by atoms with E-state index < -0.39 is 0 Å². The summed E-state index contributed by atoms with van der Waals surface area (Å²) in [5.74, 6) is 0. The van der Waals surface area contributed by atoms with Crippen LogP contribution in [0.4, 0.5) is 0 Å². The van der Waals surface area contributed by atoms with Crippen LogP contribution in [0.3, 0.4) is 0 Å². The second-order valence-electron chi connectivity index (χ2n) is 5.37. The molecule has 108 valence electrons. The van der Waals surface area contributed by atoms with Gasteiger partial charge in [-0.2, -0.15) is 0 Å². The van der Waals surface area contributed by atoms with Gasteiger partial charge in [0.15, 0.2) is 0 Å². The van der Waals surface area contributed by atoms with Crippen LogP contribution < -0.4 is 5.32 Å². The largest absolute Gasteiger partial charge is 0.309 e. The van der Waals surface area contributed by atoms with Crippen LogP contribution in [0.15, 0.2) is 18.2 Å². The van der Waals surface area contributed by atoms with Crippen LogP contribution in [0, 0.1) is 0 Å². The summed E-state index contributed by atoms with van der Waals surface area (Å²) in [7, 11) is 0. The van der Waals surface area contributed by atoms with Gasteiger partial charge in [0.05, 0.1) is 4.34 Å². The van der Waals surface area contributed by atoms with Crippen molar-refractivity contribution < 1.29 is 0 Å². The molecule has 0 fully saturated rings. The number of fused-ring (bicyclic) bond motifs is 1. The third-order valence-corrected chi connectivity index (χ3v) is 6.39. The first-order chi connectivity index (χ1) is 9.76. The normalized spacial score (nSPS) is 15.5. The molecule has 0 aliphatic heterocycles. The van der Waals surface area contributed by atoms with Crippen molar-refractivity contribution in [2.24, 2.45) is 0 Å². The first-order valence-electron chi connectivity index (χ1n) is 7.35. The molecule has 0 spiro atoms. The molecule has 1 aliphatic rings. The number of hydrogen-bond donors (Lipinski definition) is 1.